The fourth-order valence-electron chi connectivity index (χ4n) is 3.78. The van der Waals surface area contributed by atoms with Crippen molar-refractivity contribution in [1.29, 1.82) is 0 Å². The second kappa shape index (κ2) is 12.4. The molecule has 0 spiro atoms. The number of rotatable bonds is 13. The van der Waals surface area contributed by atoms with E-state index in [1.165, 1.54) is 12.1 Å². The lowest BCUT2D eigenvalue weighted by atomic mass is 10.2. The first kappa shape index (κ1) is 25.5. The van der Waals surface area contributed by atoms with Crippen LogP contribution in [0.2, 0.25) is 0 Å². The smallest absolute Gasteiger partial charge is 0.269 e. The molecule has 192 valence electrons. The van der Waals surface area contributed by atoms with Crippen LogP contribution < -0.4 is 15.6 Å². The van der Waals surface area contributed by atoms with Crippen molar-refractivity contribution in [3.63, 3.8) is 0 Å². The minimum atomic E-state index is -0.433. The van der Waals surface area contributed by atoms with Gasteiger partial charge in [-0.2, -0.15) is 20.1 Å². The molecule has 0 amide bonds. The maximum absolute atomic E-state index is 11.0. The van der Waals surface area contributed by atoms with Gasteiger partial charge < -0.3 is 15.2 Å². The molecule has 0 bridgehead atoms. The van der Waals surface area contributed by atoms with Crippen LogP contribution >= 0.6 is 0 Å². The minimum Gasteiger partial charge on any atom is -0.361 e. The average molecular weight is 502 g/mol. The van der Waals surface area contributed by atoms with E-state index in [0.29, 0.717) is 23.5 Å². The quantitative estimate of drug-likeness (QED) is 0.118. The Balaban J connectivity index is 1.60. The predicted octanol–water partition coefficient (Wildman–Crippen LogP) is 5.86. The van der Waals surface area contributed by atoms with E-state index in [9.17, 15) is 10.1 Å². The Labute approximate surface area is 215 Å². The number of nitro groups is 1. The number of nitro benzene ring substituents is 1. The van der Waals surface area contributed by atoms with Gasteiger partial charge in [0.1, 0.15) is 0 Å². The van der Waals surface area contributed by atoms with Crippen molar-refractivity contribution < 1.29 is 4.92 Å². The number of fused-ring (bicyclic) bond motifs is 1. The zero-order valence-corrected chi connectivity index (χ0v) is 21.0. The van der Waals surface area contributed by atoms with Gasteiger partial charge in [0.05, 0.1) is 11.1 Å². The summed E-state index contributed by atoms with van der Waals surface area (Å²) >= 11 is 0. The highest BCUT2D eigenvalue weighted by Gasteiger charge is 2.14. The number of nitrogens with zero attached hydrogens (tertiary/aromatic N) is 6. The van der Waals surface area contributed by atoms with Crippen LogP contribution in [0.15, 0.2) is 59.8 Å². The molecule has 0 unspecified atom stereocenters. The maximum Gasteiger partial charge on any atom is 0.269 e. The number of hydrazone groups is 1. The predicted molar refractivity (Wildman–Crippen MR) is 148 cm³/mol. The summed E-state index contributed by atoms with van der Waals surface area (Å²) in [6, 6.07) is 14.1. The summed E-state index contributed by atoms with van der Waals surface area (Å²) in [6.07, 6.45) is 7.76. The molecule has 0 radical (unpaired) electrons. The number of non-ortho nitro benzene ring substituents is 1. The molecule has 2 heterocycles. The molecule has 0 atom stereocenters. The van der Waals surface area contributed by atoms with E-state index < -0.39 is 4.92 Å². The molecule has 37 heavy (non-hydrogen) atoms. The number of para-hydroxylation sites is 1. The van der Waals surface area contributed by atoms with Crippen molar-refractivity contribution in [3.05, 3.63) is 70.4 Å². The van der Waals surface area contributed by atoms with Crippen molar-refractivity contribution in [2.24, 2.45) is 5.10 Å². The summed E-state index contributed by atoms with van der Waals surface area (Å²) in [5.41, 5.74) is 5.56. The molecule has 3 N–H and O–H groups in total. The second-order valence-electron chi connectivity index (χ2n) is 8.57. The number of hydrogen-bond acceptors (Lipinski definition) is 9. The first-order valence-electron chi connectivity index (χ1n) is 12.4. The van der Waals surface area contributed by atoms with Crippen LogP contribution in [0.1, 0.15) is 45.1 Å². The van der Waals surface area contributed by atoms with Crippen molar-refractivity contribution in [3.8, 4) is 0 Å². The first-order chi connectivity index (χ1) is 18.1. The number of benzene rings is 2. The van der Waals surface area contributed by atoms with Crippen LogP contribution in [0.5, 0.6) is 0 Å². The largest absolute Gasteiger partial charge is 0.361 e. The molecule has 2 aromatic heterocycles. The zero-order valence-electron chi connectivity index (χ0n) is 21.0. The van der Waals surface area contributed by atoms with E-state index in [1.54, 1.807) is 18.3 Å². The van der Waals surface area contributed by atoms with Gasteiger partial charge in [0, 0.05) is 53.6 Å². The highest BCUT2D eigenvalue weighted by Crippen LogP contribution is 2.21. The Kier molecular flexibility index (Phi) is 8.58. The van der Waals surface area contributed by atoms with Crippen LogP contribution in [-0.4, -0.2) is 44.2 Å². The highest BCUT2D eigenvalue weighted by molar-refractivity contribution is 5.99. The number of unbranched alkanes of at least 4 members (excludes halogenated alkanes) is 2. The van der Waals surface area contributed by atoms with E-state index in [4.69, 9.17) is 0 Å². The van der Waals surface area contributed by atoms with Gasteiger partial charge in [-0.05, 0) is 31.0 Å². The molecule has 0 saturated heterocycles. The van der Waals surface area contributed by atoms with Crippen LogP contribution in [-0.2, 0) is 0 Å². The van der Waals surface area contributed by atoms with Gasteiger partial charge in [-0.3, -0.25) is 10.1 Å². The number of aromatic amines is 1. The molecule has 0 aliphatic heterocycles. The normalized spacial score (nSPS) is 11.2. The van der Waals surface area contributed by atoms with E-state index in [2.05, 4.69) is 54.5 Å². The Morgan fingerprint density at radius 1 is 1.00 bits per heavy atom. The molecule has 0 aliphatic carbocycles. The van der Waals surface area contributed by atoms with Crippen LogP contribution in [0, 0.1) is 10.1 Å². The lowest BCUT2D eigenvalue weighted by molar-refractivity contribution is -0.384. The third-order valence-electron chi connectivity index (χ3n) is 5.79. The number of hydrogen-bond donors (Lipinski definition) is 3. The molecule has 0 fully saturated rings. The lowest BCUT2D eigenvalue weighted by Gasteiger charge is -2.23. The molecular weight excluding hydrogens is 470 g/mol. The van der Waals surface area contributed by atoms with Crippen molar-refractivity contribution in [1.82, 2.24) is 19.9 Å². The first-order valence-corrected chi connectivity index (χ1v) is 12.4. The number of H-pyrrole nitrogens is 1. The van der Waals surface area contributed by atoms with E-state index in [-0.39, 0.29) is 5.69 Å². The van der Waals surface area contributed by atoms with E-state index in [0.717, 1.165) is 55.2 Å². The fourth-order valence-corrected chi connectivity index (χ4v) is 3.78. The summed E-state index contributed by atoms with van der Waals surface area (Å²) in [4.78, 5) is 29.7. The highest BCUT2D eigenvalue weighted by atomic mass is 16.6. The Bertz CT molecular complexity index is 1340. The standard InChI is InChI=1S/C26H31N9O2/c1-3-5-15-34(16-6-4-2)26-31-24(29-20-11-13-21(14-12-20)35(36)37)30-25(32-26)33-28-18-19-17-27-23-10-8-7-9-22(19)23/h7-14,17-18,27H,3-6,15-16H2,1-2H3,(H2,29,30,31,32,33)/b28-18+. The monoisotopic (exact) mass is 501 g/mol. The molecule has 11 nitrogen and oxygen atoms in total. The Morgan fingerprint density at radius 3 is 2.41 bits per heavy atom. The summed E-state index contributed by atoms with van der Waals surface area (Å²) < 4.78 is 0. The van der Waals surface area contributed by atoms with E-state index in [1.807, 2.05) is 30.5 Å². The molecule has 4 rings (SSSR count). The van der Waals surface area contributed by atoms with Crippen molar-refractivity contribution in [2.45, 2.75) is 39.5 Å². The number of nitrogens with one attached hydrogen (secondary N) is 3. The fraction of sp³-hybridized carbons (Fsp3) is 0.308. The minimum absolute atomic E-state index is 0.0150. The van der Waals surface area contributed by atoms with Gasteiger partial charge in [0.15, 0.2) is 0 Å². The van der Waals surface area contributed by atoms with Gasteiger partial charge in [-0.25, -0.2) is 5.43 Å². The van der Waals surface area contributed by atoms with Crippen LogP contribution in [0.3, 0.4) is 0 Å². The molecule has 11 heteroatoms. The Morgan fingerprint density at radius 2 is 1.70 bits per heavy atom. The Hall–Kier alpha value is -4.54. The second-order valence-corrected chi connectivity index (χ2v) is 8.57. The maximum atomic E-state index is 11.0. The molecule has 4 aromatic rings. The lowest BCUT2D eigenvalue weighted by Crippen LogP contribution is -2.28. The van der Waals surface area contributed by atoms with Crippen LogP contribution in [0.4, 0.5) is 29.2 Å². The molecule has 0 saturated carbocycles. The SMILES string of the molecule is CCCCN(CCCC)c1nc(N/N=C/c2c[nH]c3ccccc23)nc(Nc2ccc([N+](=O)[O-])cc2)n1. The molecule has 0 aliphatic rings. The number of aromatic nitrogens is 4. The summed E-state index contributed by atoms with van der Waals surface area (Å²) in [5, 5.41) is 19.6. The third kappa shape index (κ3) is 6.78. The van der Waals surface area contributed by atoms with Crippen LogP contribution in [0.25, 0.3) is 10.9 Å². The van der Waals surface area contributed by atoms with Gasteiger partial charge in [0.25, 0.3) is 5.69 Å². The van der Waals surface area contributed by atoms with Gasteiger partial charge in [-0.1, -0.05) is 44.9 Å². The number of anilines is 4. The van der Waals surface area contributed by atoms with Gasteiger partial charge in [-0.15, -0.1) is 0 Å². The average Bonchev–Trinajstić information content (AvgIpc) is 3.32. The van der Waals surface area contributed by atoms with Crippen molar-refractivity contribution >= 4 is 46.3 Å². The topological polar surface area (TPSA) is 137 Å². The van der Waals surface area contributed by atoms with Crippen molar-refractivity contribution in [2.75, 3.05) is 28.7 Å². The van der Waals surface area contributed by atoms with Gasteiger partial charge >= 0.3 is 0 Å². The van der Waals surface area contributed by atoms with Gasteiger partial charge in [0.2, 0.25) is 17.8 Å². The van der Waals surface area contributed by atoms with E-state index >= 15 is 0 Å². The third-order valence-corrected chi connectivity index (χ3v) is 5.79. The molecular formula is C26H31N9O2. The molecule has 2 aromatic carbocycles. The summed E-state index contributed by atoms with van der Waals surface area (Å²) in [7, 11) is 0. The summed E-state index contributed by atoms with van der Waals surface area (Å²) in [6.45, 7) is 5.96. The zero-order chi connectivity index (χ0) is 26.0. The summed E-state index contributed by atoms with van der Waals surface area (Å²) in [5.74, 6) is 1.16.